The number of hydrogen-bond acceptors (Lipinski definition) is 5. The van der Waals surface area contributed by atoms with Crippen LogP contribution in [0.2, 0.25) is 0 Å². The standard InChI is InChI=1S/C22H26F3N3O2/c1-15-19(7-8-20(26-2)21(15)30-14-13-29)27-17-3-5-18(6-4-17)28-11-9-16(10-12-28)22(23,24)25/h3-8,13,16,26-27H,9-12,14H2,1-2H3. The zero-order chi connectivity index (χ0) is 21.7. The molecule has 1 saturated heterocycles. The van der Waals surface area contributed by atoms with Crippen molar-refractivity contribution in [3.63, 3.8) is 0 Å². The highest BCUT2D eigenvalue weighted by Crippen LogP contribution is 2.37. The molecule has 5 nitrogen and oxygen atoms in total. The molecule has 1 aliphatic rings. The lowest BCUT2D eigenvalue weighted by molar-refractivity contribution is -0.179. The number of carbonyl (C=O) groups excluding carboxylic acids is 1. The van der Waals surface area contributed by atoms with Crippen LogP contribution in [-0.2, 0) is 4.79 Å². The van der Waals surface area contributed by atoms with Crippen molar-refractivity contribution in [2.75, 3.05) is 42.3 Å². The molecule has 0 radical (unpaired) electrons. The summed E-state index contributed by atoms with van der Waals surface area (Å²) in [6.45, 7) is 2.68. The second-order valence-corrected chi connectivity index (χ2v) is 7.32. The van der Waals surface area contributed by atoms with E-state index in [1.54, 1.807) is 7.05 Å². The molecule has 0 spiro atoms. The van der Waals surface area contributed by atoms with Gasteiger partial charge in [-0.05, 0) is 56.2 Å². The van der Waals surface area contributed by atoms with Crippen LogP contribution in [-0.4, -0.2) is 39.2 Å². The maximum Gasteiger partial charge on any atom is 0.391 e. The van der Waals surface area contributed by atoms with E-state index >= 15 is 0 Å². The molecule has 162 valence electrons. The fourth-order valence-corrected chi connectivity index (χ4v) is 3.70. The summed E-state index contributed by atoms with van der Waals surface area (Å²) in [4.78, 5) is 12.7. The number of piperidine rings is 1. The van der Waals surface area contributed by atoms with Crippen molar-refractivity contribution in [1.29, 1.82) is 0 Å². The van der Waals surface area contributed by atoms with Gasteiger partial charge < -0.3 is 20.3 Å². The van der Waals surface area contributed by atoms with Crippen molar-refractivity contribution in [3.05, 3.63) is 42.0 Å². The van der Waals surface area contributed by atoms with Gasteiger partial charge in [-0.15, -0.1) is 0 Å². The molecule has 2 N–H and O–H groups in total. The molecule has 1 heterocycles. The molecule has 8 heteroatoms. The van der Waals surface area contributed by atoms with E-state index in [0.29, 0.717) is 25.1 Å². The predicted octanol–water partition coefficient (Wildman–Crippen LogP) is 5.14. The molecule has 0 saturated carbocycles. The summed E-state index contributed by atoms with van der Waals surface area (Å²) in [5.41, 5.74) is 4.26. The van der Waals surface area contributed by atoms with E-state index in [1.807, 2.05) is 48.2 Å². The molecule has 0 aliphatic carbocycles. The van der Waals surface area contributed by atoms with Gasteiger partial charge >= 0.3 is 6.18 Å². The van der Waals surface area contributed by atoms with E-state index in [9.17, 15) is 18.0 Å². The monoisotopic (exact) mass is 421 g/mol. The number of aldehydes is 1. The number of nitrogens with zero attached hydrogens (tertiary/aromatic N) is 1. The Morgan fingerprint density at radius 1 is 1.10 bits per heavy atom. The minimum Gasteiger partial charge on any atom is -0.484 e. The summed E-state index contributed by atoms with van der Waals surface area (Å²) in [5, 5.41) is 6.38. The molecule has 0 atom stereocenters. The molecule has 0 unspecified atom stereocenters. The highest BCUT2D eigenvalue weighted by atomic mass is 19.4. The van der Waals surface area contributed by atoms with Crippen LogP contribution in [0.3, 0.4) is 0 Å². The fourth-order valence-electron chi connectivity index (χ4n) is 3.70. The molecule has 0 aromatic heterocycles. The first kappa shape index (κ1) is 21.8. The average molecular weight is 421 g/mol. The van der Waals surface area contributed by atoms with Crippen LogP contribution < -0.4 is 20.3 Å². The van der Waals surface area contributed by atoms with Crippen molar-refractivity contribution in [2.45, 2.75) is 25.9 Å². The first-order valence-electron chi connectivity index (χ1n) is 9.90. The van der Waals surface area contributed by atoms with Gasteiger partial charge in [-0.3, -0.25) is 4.79 Å². The van der Waals surface area contributed by atoms with E-state index in [0.717, 1.165) is 28.3 Å². The number of hydrogen-bond donors (Lipinski definition) is 2. The zero-order valence-electron chi connectivity index (χ0n) is 17.1. The third-order valence-electron chi connectivity index (χ3n) is 5.44. The van der Waals surface area contributed by atoms with Gasteiger partial charge in [0, 0.05) is 42.8 Å². The van der Waals surface area contributed by atoms with Crippen molar-refractivity contribution in [2.24, 2.45) is 5.92 Å². The third kappa shape index (κ3) is 4.98. The van der Waals surface area contributed by atoms with Gasteiger partial charge in [-0.1, -0.05) is 0 Å². The Kier molecular flexibility index (Phi) is 6.74. The molecule has 1 fully saturated rings. The van der Waals surface area contributed by atoms with Gasteiger partial charge in [0.05, 0.1) is 11.6 Å². The smallest absolute Gasteiger partial charge is 0.391 e. The number of benzene rings is 2. The highest BCUT2D eigenvalue weighted by Gasteiger charge is 2.41. The normalized spacial score (nSPS) is 15.0. The average Bonchev–Trinajstić information content (AvgIpc) is 2.74. The number of carbonyl (C=O) groups is 1. The van der Waals surface area contributed by atoms with Crippen molar-refractivity contribution in [1.82, 2.24) is 0 Å². The van der Waals surface area contributed by atoms with Crippen molar-refractivity contribution in [3.8, 4) is 5.75 Å². The first-order chi connectivity index (χ1) is 14.3. The molecule has 0 bridgehead atoms. The lowest BCUT2D eigenvalue weighted by Gasteiger charge is -2.34. The summed E-state index contributed by atoms with van der Waals surface area (Å²) in [6, 6.07) is 11.4. The molecule has 3 rings (SSSR count). The predicted molar refractivity (Wildman–Crippen MR) is 113 cm³/mol. The molecule has 0 amide bonds. The number of rotatable bonds is 7. The minimum atomic E-state index is -4.10. The molecule has 2 aromatic carbocycles. The van der Waals surface area contributed by atoms with Crippen LogP contribution >= 0.6 is 0 Å². The Balaban J connectivity index is 1.68. The fraction of sp³-hybridized carbons (Fsp3) is 0.409. The van der Waals surface area contributed by atoms with Crippen molar-refractivity contribution >= 4 is 29.0 Å². The molecular formula is C22H26F3N3O2. The number of nitrogens with one attached hydrogen (secondary N) is 2. The van der Waals surface area contributed by atoms with E-state index in [1.165, 1.54) is 0 Å². The Morgan fingerprint density at radius 3 is 2.30 bits per heavy atom. The van der Waals surface area contributed by atoms with Crippen LogP contribution in [0.1, 0.15) is 18.4 Å². The van der Waals surface area contributed by atoms with Crippen molar-refractivity contribution < 1.29 is 22.7 Å². The third-order valence-corrected chi connectivity index (χ3v) is 5.44. The second kappa shape index (κ2) is 9.28. The Bertz CT molecular complexity index is 861. The largest absolute Gasteiger partial charge is 0.484 e. The summed E-state index contributed by atoms with van der Waals surface area (Å²) >= 11 is 0. The zero-order valence-corrected chi connectivity index (χ0v) is 17.1. The second-order valence-electron chi connectivity index (χ2n) is 7.32. The number of ether oxygens (including phenoxy) is 1. The molecule has 30 heavy (non-hydrogen) atoms. The molecular weight excluding hydrogens is 395 g/mol. The summed E-state index contributed by atoms with van der Waals surface area (Å²) in [7, 11) is 1.78. The molecule has 1 aliphatic heterocycles. The quantitative estimate of drug-likeness (QED) is 0.607. The van der Waals surface area contributed by atoms with Gasteiger partial charge in [0.1, 0.15) is 12.4 Å². The van der Waals surface area contributed by atoms with E-state index in [-0.39, 0.29) is 19.4 Å². The van der Waals surface area contributed by atoms with Crippen LogP contribution in [0.25, 0.3) is 0 Å². The van der Waals surface area contributed by atoms with E-state index < -0.39 is 12.1 Å². The number of anilines is 4. The van der Waals surface area contributed by atoms with Crippen LogP contribution in [0.4, 0.5) is 35.9 Å². The summed E-state index contributed by atoms with van der Waals surface area (Å²) in [6.07, 6.45) is -3.14. The van der Waals surface area contributed by atoms with Gasteiger partial charge in [0.25, 0.3) is 0 Å². The Hall–Kier alpha value is -2.90. The van der Waals surface area contributed by atoms with Gasteiger partial charge in [-0.25, -0.2) is 0 Å². The number of halogens is 3. The topological polar surface area (TPSA) is 53.6 Å². The highest BCUT2D eigenvalue weighted by molar-refractivity contribution is 5.74. The lowest BCUT2D eigenvalue weighted by atomic mass is 9.96. The first-order valence-corrected chi connectivity index (χ1v) is 9.90. The van der Waals surface area contributed by atoms with Crippen LogP contribution in [0, 0.1) is 12.8 Å². The Labute approximate surface area is 174 Å². The van der Waals surface area contributed by atoms with Gasteiger partial charge in [0.2, 0.25) is 0 Å². The minimum absolute atomic E-state index is 0.0291. The maximum atomic E-state index is 12.9. The van der Waals surface area contributed by atoms with Crippen LogP contribution in [0.5, 0.6) is 5.75 Å². The van der Waals surface area contributed by atoms with E-state index in [4.69, 9.17) is 4.74 Å². The molecule has 2 aromatic rings. The van der Waals surface area contributed by atoms with Gasteiger partial charge in [-0.2, -0.15) is 13.2 Å². The SMILES string of the molecule is CNc1ccc(Nc2ccc(N3CCC(C(F)(F)F)CC3)cc2)c(C)c1OCC=O. The maximum absolute atomic E-state index is 12.9. The van der Waals surface area contributed by atoms with E-state index in [2.05, 4.69) is 10.6 Å². The summed E-state index contributed by atoms with van der Waals surface area (Å²) < 4.78 is 44.1. The van der Waals surface area contributed by atoms with Gasteiger partial charge in [0.15, 0.2) is 6.29 Å². The Morgan fingerprint density at radius 2 is 1.73 bits per heavy atom. The number of alkyl halides is 3. The lowest BCUT2D eigenvalue weighted by Crippen LogP contribution is -2.38. The van der Waals surface area contributed by atoms with Crippen LogP contribution in [0.15, 0.2) is 36.4 Å². The summed E-state index contributed by atoms with van der Waals surface area (Å²) in [5.74, 6) is -0.590.